The van der Waals surface area contributed by atoms with E-state index in [-0.39, 0.29) is 24.8 Å². The van der Waals surface area contributed by atoms with E-state index in [1.165, 1.54) is 0 Å². The van der Waals surface area contributed by atoms with Crippen molar-refractivity contribution in [2.45, 2.75) is 57.2 Å². The van der Waals surface area contributed by atoms with Crippen LogP contribution in [0.15, 0.2) is 4.52 Å². The van der Waals surface area contributed by atoms with E-state index in [4.69, 9.17) is 10.3 Å². The molecule has 0 saturated heterocycles. The smallest absolute Gasteiger partial charge is 0.339 e. The topological polar surface area (TPSA) is 64.9 Å². The first-order valence-corrected chi connectivity index (χ1v) is 6.57. The molecular weight excluding hydrogens is 259 g/mol. The average molecular weight is 277 g/mol. The van der Waals surface area contributed by atoms with Crippen molar-refractivity contribution < 1.29 is 17.7 Å². The molecule has 0 aromatic carbocycles. The van der Waals surface area contributed by atoms with E-state index in [0.717, 1.165) is 0 Å². The minimum atomic E-state index is -4.14. The van der Waals surface area contributed by atoms with Gasteiger partial charge in [0.2, 0.25) is 5.89 Å². The Balaban J connectivity index is 2.07. The first-order valence-electron chi connectivity index (χ1n) is 6.57. The van der Waals surface area contributed by atoms with E-state index in [1.54, 1.807) is 0 Å². The summed E-state index contributed by atoms with van der Waals surface area (Å²) < 4.78 is 43.3. The molecule has 1 aliphatic rings. The summed E-state index contributed by atoms with van der Waals surface area (Å²) in [6, 6.07) is -0.320. The van der Waals surface area contributed by atoms with Crippen molar-refractivity contribution in [3.05, 3.63) is 11.7 Å². The van der Waals surface area contributed by atoms with Crippen molar-refractivity contribution in [3.8, 4) is 0 Å². The zero-order valence-corrected chi connectivity index (χ0v) is 10.8. The fourth-order valence-electron chi connectivity index (χ4n) is 2.46. The Morgan fingerprint density at radius 3 is 2.79 bits per heavy atom. The van der Waals surface area contributed by atoms with Crippen LogP contribution < -0.4 is 5.73 Å². The highest BCUT2D eigenvalue weighted by molar-refractivity contribution is 5.00. The molecule has 1 fully saturated rings. The Morgan fingerprint density at radius 2 is 2.16 bits per heavy atom. The lowest BCUT2D eigenvalue weighted by Gasteiger charge is -2.28. The molecule has 1 aliphatic carbocycles. The predicted molar refractivity (Wildman–Crippen MR) is 62.3 cm³/mol. The van der Waals surface area contributed by atoms with Crippen molar-refractivity contribution in [2.24, 2.45) is 11.7 Å². The number of hydrogen-bond donors (Lipinski definition) is 1. The Kier molecular flexibility index (Phi) is 4.13. The highest BCUT2D eigenvalue weighted by atomic mass is 19.4. The second kappa shape index (κ2) is 5.48. The molecule has 3 atom stereocenters. The molecule has 108 valence electrons. The summed E-state index contributed by atoms with van der Waals surface area (Å²) in [6.07, 6.45) is -2.06. The summed E-state index contributed by atoms with van der Waals surface area (Å²) >= 11 is 0. The number of alkyl halides is 3. The van der Waals surface area contributed by atoms with Gasteiger partial charge in [0.05, 0.1) is 12.0 Å². The molecule has 4 nitrogen and oxygen atoms in total. The lowest BCUT2D eigenvalue weighted by Crippen LogP contribution is -2.28. The van der Waals surface area contributed by atoms with Crippen LogP contribution in [0, 0.1) is 5.92 Å². The molecule has 0 bridgehead atoms. The maximum absolute atomic E-state index is 12.7. The molecule has 1 saturated carbocycles. The lowest BCUT2D eigenvalue weighted by atomic mass is 9.81. The molecule has 0 spiro atoms. The van der Waals surface area contributed by atoms with Crippen LogP contribution in [0.1, 0.15) is 62.7 Å². The van der Waals surface area contributed by atoms with Crippen LogP contribution in [0.5, 0.6) is 0 Å². The number of hydrogen-bond acceptors (Lipinski definition) is 4. The summed E-state index contributed by atoms with van der Waals surface area (Å²) in [4.78, 5) is 4.15. The molecule has 0 amide bonds. The Hall–Kier alpha value is -1.11. The molecule has 0 radical (unpaired) electrons. The third-order valence-electron chi connectivity index (χ3n) is 3.72. The van der Waals surface area contributed by atoms with Gasteiger partial charge in [0.25, 0.3) is 0 Å². The second-order valence-electron chi connectivity index (χ2n) is 5.11. The molecule has 1 aromatic heterocycles. The van der Waals surface area contributed by atoms with Crippen LogP contribution in [0.3, 0.4) is 0 Å². The van der Waals surface area contributed by atoms with E-state index in [9.17, 15) is 13.2 Å². The molecule has 0 aliphatic heterocycles. The van der Waals surface area contributed by atoms with Crippen LogP contribution in [0.2, 0.25) is 0 Å². The number of halogens is 3. The van der Waals surface area contributed by atoms with Crippen LogP contribution >= 0.6 is 0 Å². The fraction of sp³-hybridized carbons (Fsp3) is 0.833. The Bertz CT molecular complexity index is 419. The quantitative estimate of drug-likeness (QED) is 0.920. The number of aromatic nitrogens is 2. The van der Waals surface area contributed by atoms with Crippen LogP contribution in [-0.2, 0) is 0 Å². The van der Waals surface area contributed by atoms with Gasteiger partial charge < -0.3 is 10.3 Å². The minimum Gasteiger partial charge on any atom is -0.339 e. The van der Waals surface area contributed by atoms with E-state index in [2.05, 4.69) is 10.1 Å². The van der Waals surface area contributed by atoms with Gasteiger partial charge in [-0.05, 0) is 25.7 Å². The number of nitrogens with two attached hydrogens (primary N) is 1. The van der Waals surface area contributed by atoms with Crippen LogP contribution in [-0.4, -0.2) is 16.3 Å². The minimum absolute atomic E-state index is 0.0342. The highest BCUT2D eigenvalue weighted by Gasteiger charge is 2.43. The first kappa shape index (κ1) is 14.3. The van der Waals surface area contributed by atoms with Gasteiger partial charge in [-0.25, -0.2) is 0 Å². The number of rotatable bonds is 3. The number of nitrogens with zero attached hydrogens (tertiary/aromatic N) is 2. The Morgan fingerprint density at radius 1 is 1.42 bits per heavy atom. The van der Waals surface area contributed by atoms with E-state index >= 15 is 0 Å². The maximum Gasteiger partial charge on any atom is 0.391 e. The lowest BCUT2D eigenvalue weighted by molar-refractivity contribution is -0.183. The fourth-order valence-corrected chi connectivity index (χ4v) is 2.46. The predicted octanol–water partition coefficient (Wildman–Crippen LogP) is 3.32. The van der Waals surface area contributed by atoms with Crippen molar-refractivity contribution in [2.75, 3.05) is 0 Å². The summed E-state index contributed by atoms with van der Waals surface area (Å²) in [7, 11) is 0. The maximum atomic E-state index is 12.7. The van der Waals surface area contributed by atoms with E-state index in [1.807, 2.05) is 6.92 Å². The third kappa shape index (κ3) is 3.26. The standard InChI is InChI=1S/C12H18F3N3O/c1-2-9(16)10-17-11(19-18-10)7-4-3-5-8(6-7)12(13,14)15/h7-9H,2-6,16H2,1H3. The van der Waals surface area contributed by atoms with Gasteiger partial charge in [-0.2, -0.15) is 18.2 Å². The van der Waals surface area contributed by atoms with Gasteiger partial charge in [-0.3, -0.25) is 0 Å². The summed E-state index contributed by atoms with van der Waals surface area (Å²) in [5, 5.41) is 3.76. The first-order chi connectivity index (χ1) is 8.91. The molecule has 1 heterocycles. The van der Waals surface area contributed by atoms with Gasteiger partial charge >= 0.3 is 6.18 Å². The van der Waals surface area contributed by atoms with E-state index in [0.29, 0.717) is 31.0 Å². The summed E-state index contributed by atoms with van der Waals surface area (Å²) in [5.41, 5.74) is 5.77. The van der Waals surface area contributed by atoms with Crippen molar-refractivity contribution >= 4 is 0 Å². The zero-order valence-electron chi connectivity index (χ0n) is 10.8. The van der Waals surface area contributed by atoms with Gasteiger partial charge in [-0.1, -0.05) is 18.5 Å². The van der Waals surface area contributed by atoms with Crippen molar-refractivity contribution in [3.63, 3.8) is 0 Å². The molecular formula is C12H18F3N3O. The SMILES string of the molecule is CCC(N)c1noc(C2CCCC(C(F)(F)F)C2)n1. The van der Waals surface area contributed by atoms with Crippen LogP contribution in [0.25, 0.3) is 0 Å². The highest BCUT2D eigenvalue weighted by Crippen LogP contribution is 2.43. The summed E-state index contributed by atoms with van der Waals surface area (Å²) in [5.74, 6) is -0.883. The summed E-state index contributed by atoms with van der Waals surface area (Å²) in [6.45, 7) is 1.89. The second-order valence-corrected chi connectivity index (χ2v) is 5.11. The normalized spacial score (nSPS) is 26.4. The van der Waals surface area contributed by atoms with Gasteiger partial charge in [0.1, 0.15) is 0 Å². The molecule has 2 N–H and O–H groups in total. The van der Waals surface area contributed by atoms with E-state index < -0.39 is 12.1 Å². The monoisotopic (exact) mass is 277 g/mol. The van der Waals surface area contributed by atoms with Gasteiger partial charge in [0.15, 0.2) is 5.82 Å². The third-order valence-corrected chi connectivity index (χ3v) is 3.72. The molecule has 2 rings (SSSR count). The van der Waals surface area contributed by atoms with Gasteiger partial charge in [0, 0.05) is 5.92 Å². The van der Waals surface area contributed by atoms with Crippen molar-refractivity contribution in [1.29, 1.82) is 0 Å². The molecule has 19 heavy (non-hydrogen) atoms. The average Bonchev–Trinajstić information content (AvgIpc) is 2.86. The Labute approximate surface area is 109 Å². The molecule has 1 aromatic rings. The van der Waals surface area contributed by atoms with Crippen molar-refractivity contribution in [1.82, 2.24) is 10.1 Å². The van der Waals surface area contributed by atoms with Crippen LogP contribution in [0.4, 0.5) is 13.2 Å². The molecule has 7 heteroatoms. The molecule has 3 unspecified atom stereocenters. The largest absolute Gasteiger partial charge is 0.391 e. The zero-order chi connectivity index (χ0) is 14.0. The van der Waals surface area contributed by atoms with Gasteiger partial charge in [-0.15, -0.1) is 0 Å².